The molecule has 0 amide bonds. The first-order chi connectivity index (χ1) is 17.7. The van der Waals surface area contributed by atoms with Gasteiger partial charge in [-0.25, -0.2) is 4.68 Å². The van der Waals surface area contributed by atoms with Gasteiger partial charge in [0.2, 0.25) is 6.79 Å². The van der Waals surface area contributed by atoms with E-state index < -0.39 is 0 Å². The van der Waals surface area contributed by atoms with E-state index in [4.69, 9.17) is 9.47 Å². The van der Waals surface area contributed by atoms with Gasteiger partial charge in [0.15, 0.2) is 17.3 Å². The van der Waals surface area contributed by atoms with Gasteiger partial charge in [0.25, 0.3) is 5.56 Å². The van der Waals surface area contributed by atoms with Gasteiger partial charge in [0.05, 0.1) is 17.1 Å². The lowest BCUT2D eigenvalue weighted by Crippen LogP contribution is -2.35. The third-order valence-electron chi connectivity index (χ3n) is 6.97. The Kier molecular flexibility index (Phi) is 6.49. The molecule has 1 atom stereocenters. The number of H-pyrrole nitrogens is 1. The Labute approximate surface area is 216 Å². The summed E-state index contributed by atoms with van der Waals surface area (Å²) >= 11 is 0. The van der Waals surface area contributed by atoms with Crippen molar-refractivity contribution in [1.82, 2.24) is 30.1 Å². The number of rotatable bonds is 7. The molecule has 0 saturated heterocycles. The maximum atomic E-state index is 13.3. The Bertz CT molecular complexity index is 1500. The molecule has 4 aromatic rings. The van der Waals surface area contributed by atoms with E-state index in [9.17, 15) is 4.79 Å². The van der Waals surface area contributed by atoms with Crippen LogP contribution in [0.15, 0.2) is 41.2 Å². The summed E-state index contributed by atoms with van der Waals surface area (Å²) in [4.78, 5) is 18.7. The van der Waals surface area contributed by atoms with Crippen LogP contribution in [0.3, 0.4) is 0 Å². The monoisotopic (exact) mass is 502 g/mol. The second-order valence-corrected chi connectivity index (χ2v) is 10.7. The predicted molar refractivity (Wildman–Crippen MR) is 142 cm³/mol. The zero-order valence-electron chi connectivity index (χ0n) is 22.3. The largest absolute Gasteiger partial charge is 0.454 e. The van der Waals surface area contributed by atoms with Crippen LogP contribution in [0.25, 0.3) is 10.9 Å². The maximum Gasteiger partial charge on any atom is 0.252 e. The number of fused-ring (bicyclic) bond motifs is 2. The SMILES string of the molecule is CCC(c1nnnn1C(C)(C)C)N(Cc1ccc2c(c1)OCO2)Cc1cc2c(C)ccc(C)c2[nH]c1=O. The minimum atomic E-state index is -0.286. The normalized spacial score (nSPS) is 14.0. The Morgan fingerprint density at radius 2 is 1.81 bits per heavy atom. The van der Waals surface area contributed by atoms with Gasteiger partial charge in [-0.15, -0.1) is 5.10 Å². The quantitative estimate of drug-likeness (QED) is 0.389. The summed E-state index contributed by atoms with van der Waals surface area (Å²) in [5.74, 6) is 2.26. The molecule has 5 rings (SSSR count). The Morgan fingerprint density at radius 3 is 2.57 bits per heavy atom. The summed E-state index contributed by atoms with van der Waals surface area (Å²) in [5, 5.41) is 13.8. The molecule has 2 aromatic heterocycles. The Hall–Kier alpha value is -3.72. The highest BCUT2D eigenvalue weighted by Gasteiger charge is 2.30. The van der Waals surface area contributed by atoms with Gasteiger partial charge < -0.3 is 14.5 Å². The molecule has 9 nitrogen and oxygen atoms in total. The average Bonchev–Trinajstić information content (AvgIpc) is 3.52. The zero-order valence-corrected chi connectivity index (χ0v) is 22.3. The van der Waals surface area contributed by atoms with Crippen molar-refractivity contribution in [3.05, 3.63) is 74.8 Å². The lowest BCUT2D eigenvalue weighted by atomic mass is 10.0. The molecule has 194 valence electrons. The van der Waals surface area contributed by atoms with Gasteiger partial charge in [-0.3, -0.25) is 9.69 Å². The van der Waals surface area contributed by atoms with Crippen molar-refractivity contribution in [3.63, 3.8) is 0 Å². The molecule has 0 fully saturated rings. The molecule has 1 aliphatic rings. The van der Waals surface area contributed by atoms with Crippen LogP contribution < -0.4 is 15.0 Å². The number of ether oxygens (including phenoxy) is 2. The van der Waals surface area contributed by atoms with E-state index in [1.54, 1.807) is 0 Å². The number of benzene rings is 2. The summed E-state index contributed by atoms with van der Waals surface area (Å²) in [6.07, 6.45) is 0.768. The molecule has 2 aromatic carbocycles. The van der Waals surface area contributed by atoms with Crippen LogP contribution in [0.5, 0.6) is 11.5 Å². The summed E-state index contributed by atoms with van der Waals surface area (Å²) in [7, 11) is 0. The molecule has 9 heteroatoms. The van der Waals surface area contributed by atoms with E-state index in [0.717, 1.165) is 51.3 Å². The number of pyridine rings is 1. The van der Waals surface area contributed by atoms with Crippen molar-refractivity contribution in [1.29, 1.82) is 0 Å². The van der Waals surface area contributed by atoms with Crippen molar-refractivity contribution >= 4 is 10.9 Å². The molecule has 1 unspecified atom stereocenters. The summed E-state index contributed by atoms with van der Waals surface area (Å²) in [5.41, 5.74) is 4.46. The van der Waals surface area contributed by atoms with E-state index in [-0.39, 0.29) is 23.9 Å². The van der Waals surface area contributed by atoms with Crippen LogP contribution >= 0.6 is 0 Å². The number of aromatic amines is 1. The van der Waals surface area contributed by atoms with Gasteiger partial charge in [-0.2, -0.15) is 0 Å². The molecule has 3 heterocycles. The van der Waals surface area contributed by atoms with E-state index in [0.29, 0.717) is 18.7 Å². The first-order valence-electron chi connectivity index (χ1n) is 12.7. The van der Waals surface area contributed by atoms with Crippen LogP contribution in [0.4, 0.5) is 0 Å². The second kappa shape index (κ2) is 9.63. The molecular weight excluding hydrogens is 468 g/mol. The van der Waals surface area contributed by atoms with Gasteiger partial charge in [0, 0.05) is 24.0 Å². The summed E-state index contributed by atoms with van der Waals surface area (Å²) in [6.45, 7) is 13.7. The predicted octanol–water partition coefficient (Wildman–Crippen LogP) is 4.77. The molecule has 1 N–H and O–H groups in total. The van der Waals surface area contributed by atoms with Gasteiger partial charge in [-0.05, 0) is 86.4 Å². The minimum Gasteiger partial charge on any atom is -0.454 e. The van der Waals surface area contributed by atoms with Crippen LogP contribution in [-0.2, 0) is 18.6 Å². The Balaban J connectivity index is 1.58. The third kappa shape index (κ3) is 4.83. The van der Waals surface area contributed by atoms with Crippen LogP contribution in [0.2, 0.25) is 0 Å². The standard InChI is InChI=1S/C28H34N6O3/c1-7-22(26-30-31-32-34(26)28(4,5)6)33(14-19-10-11-23-24(12-19)37-16-36-23)15-20-13-21-17(2)8-9-18(3)25(21)29-27(20)35/h8-13,22H,7,14-16H2,1-6H3,(H,29,35). The molecular formula is C28H34N6O3. The zero-order chi connectivity index (χ0) is 26.3. The average molecular weight is 503 g/mol. The number of nitrogens with one attached hydrogen (secondary N) is 1. The molecule has 1 aliphatic heterocycles. The van der Waals surface area contributed by atoms with E-state index >= 15 is 0 Å². The highest BCUT2D eigenvalue weighted by molar-refractivity contribution is 5.85. The summed E-state index contributed by atoms with van der Waals surface area (Å²) < 4.78 is 13.0. The smallest absolute Gasteiger partial charge is 0.252 e. The highest BCUT2D eigenvalue weighted by atomic mass is 16.7. The third-order valence-corrected chi connectivity index (χ3v) is 6.97. The number of hydrogen-bond donors (Lipinski definition) is 1. The highest BCUT2D eigenvalue weighted by Crippen LogP contribution is 2.35. The summed E-state index contributed by atoms with van der Waals surface area (Å²) in [6, 6.07) is 12.0. The minimum absolute atomic E-state index is 0.0813. The molecule has 37 heavy (non-hydrogen) atoms. The number of aryl methyl sites for hydroxylation is 2. The number of hydrogen-bond acceptors (Lipinski definition) is 7. The van der Waals surface area contributed by atoms with Crippen molar-refractivity contribution in [2.75, 3.05) is 6.79 Å². The topological polar surface area (TPSA) is 98.2 Å². The van der Waals surface area contributed by atoms with Crippen LogP contribution in [0.1, 0.15) is 68.2 Å². The lowest BCUT2D eigenvalue weighted by molar-refractivity contribution is 0.153. The fraction of sp³-hybridized carbons (Fsp3) is 0.429. The van der Waals surface area contributed by atoms with Crippen molar-refractivity contribution in [3.8, 4) is 11.5 Å². The first kappa shape index (κ1) is 25.0. The fourth-order valence-corrected chi connectivity index (χ4v) is 4.99. The maximum absolute atomic E-state index is 13.3. The number of aromatic nitrogens is 5. The Morgan fingerprint density at radius 1 is 1.05 bits per heavy atom. The molecule has 0 aliphatic carbocycles. The van der Waals surface area contributed by atoms with Gasteiger partial charge in [0.1, 0.15) is 0 Å². The fourth-order valence-electron chi connectivity index (χ4n) is 4.99. The van der Waals surface area contributed by atoms with Crippen LogP contribution in [0, 0.1) is 13.8 Å². The second-order valence-electron chi connectivity index (χ2n) is 10.7. The van der Waals surface area contributed by atoms with Gasteiger partial charge in [-0.1, -0.05) is 25.1 Å². The van der Waals surface area contributed by atoms with E-state index in [2.05, 4.69) is 66.1 Å². The molecule has 0 spiro atoms. The van der Waals surface area contributed by atoms with Crippen molar-refractivity contribution < 1.29 is 9.47 Å². The number of nitrogens with zero attached hydrogens (tertiary/aromatic N) is 5. The van der Waals surface area contributed by atoms with Crippen molar-refractivity contribution in [2.45, 2.75) is 72.6 Å². The van der Waals surface area contributed by atoms with E-state index in [1.165, 1.54) is 0 Å². The number of tetrazole rings is 1. The van der Waals surface area contributed by atoms with Crippen LogP contribution in [-0.4, -0.2) is 36.9 Å². The van der Waals surface area contributed by atoms with Crippen molar-refractivity contribution in [2.24, 2.45) is 0 Å². The van der Waals surface area contributed by atoms with E-state index in [1.807, 2.05) is 41.9 Å². The molecule has 0 saturated carbocycles. The first-order valence-corrected chi connectivity index (χ1v) is 12.7. The van der Waals surface area contributed by atoms with Gasteiger partial charge >= 0.3 is 0 Å². The molecule has 0 radical (unpaired) electrons. The molecule has 0 bridgehead atoms. The lowest BCUT2D eigenvalue weighted by Gasteiger charge is -2.32.